The van der Waals surface area contributed by atoms with Gasteiger partial charge in [0.05, 0.1) is 33.1 Å². The highest BCUT2D eigenvalue weighted by Crippen LogP contribution is 2.28. The Morgan fingerprint density at radius 2 is 2.00 bits per heavy atom. The molecular weight excluding hydrogens is 473 g/mol. The smallest absolute Gasteiger partial charge is 0.191 e. The largest absolute Gasteiger partial charge is 0.493 e. The van der Waals surface area contributed by atoms with Crippen LogP contribution in [0.2, 0.25) is 0 Å². The quantitative estimate of drug-likeness (QED) is 0.277. The second-order valence-corrected chi connectivity index (χ2v) is 6.22. The lowest BCUT2D eigenvalue weighted by atomic mass is 10.0. The average molecular weight is 503 g/mol. The minimum absolute atomic E-state index is 0. The van der Waals surface area contributed by atoms with E-state index in [1.807, 2.05) is 32.0 Å². The molecule has 0 saturated heterocycles. The molecule has 28 heavy (non-hydrogen) atoms. The van der Waals surface area contributed by atoms with E-state index in [4.69, 9.17) is 13.9 Å². The number of aliphatic imine (C=N–C) groups is 1. The van der Waals surface area contributed by atoms with Gasteiger partial charge < -0.3 is 29.6 Å². The highest BCUT2D eigenvalue weighted by Gasteiger charge is 2.26. The third kappa shape index (κ3) is 6.90. The molecule has 0 aliphatic heterocycles. The lowest BCUT2D eigenvalue weighted by Gasteiger charge is -2.22. The molecule has 0 amide bonds. The molecule has 7 nitrogen and oxygen atoms in total. The van der Waals surface area contributed by atoms with Crippen molar-refractivity contribution in [1.29, 1.82) is 0 Å². The number of nitrogens with zero attached hydrogens (tertiary/aromatic N) is 1. The van der Waals surface area contributed by atoms with Gasteiger partial charge in [0.1, 0.15) is 11.4 Å². The summed E-state index contributed by atoms with van der Waals surface area (Å²) in [7, 11) is 1.62. The first kappa shape index (κ1) is 24.1. The van der Waals surface area contributed by atoms with Crippen molar-refractivity contribution < 1.29 is 19.0 Å². The molecule has 8 heteroatoms. The summed E-state index contributed by atoms with van der Waals surface area (Å²) in [6.45, 7) is 7.61. The molecule has 2 aromatic rings. The van der Waals surface area contributed by atoms with Crippen molar-refractivity contribution >= 4 is 29.9 Å². The monoisotopic (exact) mass is 503 g/mol. The van der Waals surface area contributed by atoms with E-state index >= 15 is 0 Å². The van der Waals surface area contributed by atoms with E-state index in [-0.39, 0.29) is 30.5 Å². The zero-order valence-corrected chi connectivity index (χ0v) is 19.2. The molecule has 0 aliphatic rings. The van der Waals surface area contributed by atoms with Crippen molar-refractivity contribution in [2.45, 2.75) is 32.9 Å². The summed E-state index contributed by atoms with van der Waals surface area (Å²) in [5.41, 5.74) is -0.142. The maximum absolute atomic E-state index is 10.6. The highest BCUT2D eigenvalue weighted by atomic mass is 127. The predicted molar refractivity (Wildman–Crippen MR) is 121 cm³/mol. The molecule has 0 spiro atoms. The van der Waals surface area contributed by atoms with Gasteiger partial charge in [-0.25, -0.2) is 4.99 Å². The van der Waals surface area contributed by atoms with E-state index < -0.39 is 5.60 Å². The van der Waals surface area contributed by atoms with Crippen LogP contribution in [0.15, 0.2) is 46.0 Å². The van der Waals surface area contributed by atoms with Crippen LogP contribution in [0.1, 0.15) is 32.1 Å². The molecule has 1 unspecified atom stereocenters. The van der Waals surface area contributed by atoms with Crippen LogP contribution in [0.3, 0.4) is 0 Å². The van der Waals surface area contributed by atoms with Crippen LogP contribution in [0.5, 0.6) is 11.5 Å². The first-order valence-corrected chi connectivity index (χ1v) is 9.08. The maximum Gasteiger partial charge on any atom is 0.191 e. The van der Waals surface area contributed by atoms with E-state index in [0.717, 1.165) is 5.56 Å². The number of guanidine groups is 1. The standard InChI is InChI=1S/C20H29N3O4.HI/c1-5-21-19(23-14-20(3,24)18-8-7-11-27-18)22-13-15-9-10-16(25-4)17(12-15)26-6-2;/h7-12,24H,5-6,13-14H2,1-4H3,(H2,21,22,23);1H. The molecule has 0 aliphatic carbocycles. The normalized spacial score (nSPS) is 13.2. The Morgan fingerprint density at radius 3 is 2.61 bits per heavy atom. The van der Waals surface area contributed by atoms with Gasteiger partial charge in [0.25, 0.3) is 0 Å². The van der Waals surface area contributed by atoms with Crippen molar-refractivity contribution in [2.24, 2.45) is 4.99 Å². The summed E-state index contributed by atoms with van der Waals surface area (Å²) in [5, 5.41) is 16.9. The van der Waals surface area contributed by atoms with Crippen LogP contribution >= 0.6 is 24.0 Å². The van der Waals surface area contributed by atoms with Crippen molar-refractivity contribution in [2.75, 3.05) is 26.8 Å². The zero-order valence-electron chi connectivity index (χ0n) is 16.8. The number of rotatable bonds is 9. The van der Waals surface area contributed by atoms with Gasteiger partial charge in [0.2, 0.25) is 0 Å². The Bertz CT molecular complexity index is 733. The van der Waals surface area contributed by atoms with Gasteiger partial charge in [-0.15, -0.1) is 24.0 Å². The van der Waals surface area contributed by atoms with Gasteiger partial charge in [-0.3, -0.25) is 0 Å². The molecule has 0 radical (unpaired) electrons. The predicted octanol–water partition coefficient (Wildman–Crippen LogP) is 3.27. The molecular formula is C20H30IN3O4. The second-order valence-electron chi connectivity index (χ2n) is 6.22. The van der Waals surface area contributed by atoms with Crippen molar-refractivity contribution in [3.8, 4) is 11.5 Å². The molecule has 1 heterocycles. The number of ether oxygens (including phenoxy) is 2. The highest BCUT2D eigenvalue weighted by molar-refractivity contribution is 14.0. The van der Waals surface area contributed by atoms with Gasteiger partial charge in [-0.1, -0.05) is 6.07 Å². The van der Waals surface area contributed by atoms with Crippen LogP contribution < -0.4 is 20.1 Å². The Kier molecular flexibility index (Phi) is 10.2. The average Bonchev–Trinajstić information content (AvgIpc) is 3.20. The zero-order chi connectivity index (χ0) is 19.7. The summed E-state index contributed by atoms with van der Waals surface area (Å²) < 4.78 is 16.2. The molecule has 1 aromatic heterocycles. The fourth-order valence-electron chi connectivity index (χ4n) is 2.53. The van der Waals surface area contributed by atoms with E-state index in [1.54, 1.807) is 32.4 Å². The van der Waals surface area contributed by atoms with Gasteiger partial charge >= 0.3 is 0 Å². The van der Waals surface area contributed by atoms with E-state index in [1.165, 1.54) is 0 Å². The van der Waals surface area contributed by atoms with Crippen LogP contribution in [0.4, 0.5) is 0 Å². The SMILES string of the molecule is CCNC(=NCc1ccc(OC)c(OCC)c1)NCC(C)(O)c1ccco1.I. The van der Waals surface area contributed by atoms with Crippen LogP contribution in [-0.2, 0) is 12.1 Å². The fourth-order valence-corrected chi connectivity index (χ4v) is 2.53. The summed E-state index contributed by atoms with van der Waals surface area (Å²) in [5.74, 6) is 2.51. The Morgan fingerprint density at radius 1 is 1.21 bits per heavy atom. The molecule has 0 fully saturated rings. The Labute approximate surface area is 183 Å². The molecule has 1 atom stereocenters. The van der Waals surface area contributed by atoms with Gasteiger partial charge in [-0.05, 0) is 50.6 Å². The van der Waals surface area contributed by atoms with Crippen molar-refractivity contribution in [3.05, 3.63) is 47.9 Å². The van der Waals surface area contributed by atoms with Gasteiger partial charge in [-0.2, -0.15) is 0 Å². The van der Waals surface area contributed by atoms with Crippen LogP contribution in [0, 0.1) is 0 Å². The minimum Gasteiger partial charge on any atom is -0.493 e. The number of hydrogen-bond donors (Lipinski definition) is 3. The number of hydrogen-bond acceptors (Lipinski definition) is 5. The third-order valence-electron chi connectivity index (χ3n) is 3.94. The third-order valence-corrected chi connectivity index (χ3v) is 3.94. The molecule has 2 rings (SSSR count). The van der Waals surface area contributed by atoms with E-state index in [9.17, 15) is 5.11 Å². The Hall–Kier alpha value is -1.94. The second kappa shape index (κ2) is 11.8. The molecule has 3 N–H and O–H groups in total. The van der Waals surface area contributed by atoms with Crippen LogP contribution in [0.25, 0.3) is 0 Å². The first-order chi connectivity index (χ1) is 13.0. The number of aliphatic hydroxyl groups is 1. The lowest BCUT2D eigenvalue weighted by molar-refractivity contribution is 0.0386. The molecule has 0 bridgehead atoms. The van der Waals surface area contributed by atoms with E-state index in [2.05, 4.69) is 15.6 Å². The molecule has 1 aromatic carbocycles. The van der Waals surface area contributed by atoms with Gasteiger partial charge in [0, 0.05) is 6.54 Å². The number of halogens is 1. The van der Waals surface area contributed by atoms with Gasteiger partial charge in [0.15, 0.2) is 17.5 Å². The summed E-state index contributed by atoms with van der Waals surface area (Å²) >= 11 is 0. The lowest BCUT2D eigenvalue weighted by Crippen LogP contribution is -2.44. The minimum atomic E-state index is -1.14. The molecule has 156 valence electrons. The van der Waals surface area contributed by atoms with Crippen molar-refractivity contribution in [3.63, 3.8) is 0 Å². The van der Waals surface area contributed by atoms with Crippen molar-refractivity contribution in [1.82, 2.24) is 10.6 Å². The molecule has 0 saturated carbocycles. The Balaban J connectivity index is 0.00000392. The number of nitrogens with one attached hydrogen (secondary N) is 2. The fraction of sp³-hybridized carbons (Fsp3) is 0.450. The summed E-state index contributed by atoms with van der Waals surface area (Å²) in [4.78, 5) is 4.58. The number of furan rings is 1. The topological polar surface area (TPSA) is 88.3 Å². The number of benzene rings is 1. The van der Waals surface area contributed by atoms with Crippen LogP contribution in [-0.4, -0.2) is 37.9 Å². The summed E-state index contributed by atoms with van der Waals surface area (Å²) in [6.07, 6.45) is 1.54. The number of methoxy groups -OCH3 is 1. The summed E-state index contributed by atoms with van der Waals surface area (Å²) in [6, 6.07) is 9.25. The first-order valence-electron chi connectivity index (χ1n) is 9.08. The van der Waals surface area contributed by atoms with E-state index in [0.29, 0.717) is 42.9 Å². The maximum atomic E-state index is 10.6.